The first-order valence-corrected chi connectivity index (χ1v) is 9.09. The Morgan fingerprint density at radius 2 is 2.10 bits per heavy atom. The van der Waals surface area contributed by atoms with Gasteiger partial charge < -0.3 is 15.0 Å². The van der Waals surface area contributed by atoms with Gasteiger partial charge in [-0.05, 0) is 43.6 Å². The van der Waals surface area contributed by atoms with E-state index in [1.54, 1.807) is 7.11 Å². The normalized spacial score (nSPS) is 25.2. The molecular weight excluding hydrogens is 270 g/mol. The minimum Gasteiger partial charge on any atom is -0.384 e. The van der Waals surface area contributed by atoms with Crippen LogP contribution in [0, 0.1) is 11.8 Å². The maximum absolute atomic E-state index is 5.28. The molecule has 2 fully saturated rings. The van der Waals surface area contributed by atoms with Gasteiger partial charge in [-0.3, -0.25) is 4.99 Å². The number of likely N-dealkylation sites (tertiary alicyclic amines) is 1. The van der Waals surface area contributed by atoms with Gasteiger partial charge in [-0.15, -0.1) is 0 Å². The van der Waals surface area contributed by atoms with Gasteiger partial charge in [0.15, 0.2) is 5.96 Å². The van der Waals surface area contributed by atoms with Gasteiger partial charge in [0, 0.05) is 39.2 Å². The maximum Gasteiger partial charge on any atom is 0.193 e. The highest BCUT2D eigenvalue weighted by Crippen LogP contribution is 2.23. The molecule has 2 rings (SSSR count). The summed E-state index contributed by atoms with van der Waals surface area (Å²) in [6.07, 6.45) is 3.89. The van der Waals surface area contributed by atoms with Crippen molar-refractivity contribution in [3.05, 3.63) is 0 Å². The van der Waals surface area contributed by atoms with Crippen LogP contribution in [0.25, 0.3) is 0 Å². The lowest BCUT2D eigenvalue weighted by Crippen LogP contribution is -2.40. The number of nitrogens with zero attached hydrogens (tertiary/aromatic N) is 2. The first-order chi connectivity index (χ1) is 9.83. The first kappa shape index (κ1) is 16.0. The van der Waals surface area contributed by atoms with Crippen molar-refractivity contribution in [1.29, 1.82) is 0 Å². The van der Waals surface area contributed by atoms with Gasteiger partial charge in [-0.1, -0.05) is 0 Å². The molecular formula is C15H29N3OS. The van der Waals surface area contributed by atoms with Gasteiger partial charge in [0.25, 0.3) is 0 Å². The second kappa shape index (κ2) is 8.78. The summed E-state index contributed by atoms with van der Waals surface area (Å²) in [5, 5.41) is 3.46. The molecule has 20 heavy (non-hydrogen) atoms. The number of thioether (sulfide) groups is 1. The molecule has 2 saturated heterocycles. The summed E-state index contributed by atoms with van der Waals surface area (Å²) in [5.41, 5.74) is 0. The summed E-state index contributed by atoms with van der Waals surface area (Å²) in [7, 11) is 1.79. The third-order valence-corrected chi connectivity index (χ3v) is 5.21. The molecule has 4 nitrogen and oxygen atoms in total. The summed E-state index contributed by atoms with van der Waals surface area (Å²) in [6.45, 7) is 7.16. The van der Waals surface area contributed by atoms with E-state index in [0.717, 1.165) is 44.7 Å². The molecule has 1 unspecified atom stereocenters. The van der Waals surface area contributed by atoms with Gasteiger partial charge in [0.1, 0.15) is 0 Å². The third-order valence-electron chi connectivity index (χ3n) is 4.16. The molecule has 0 bridgehead atoms. The lowest BCUT2D eigenvalue weighted by molar-refractivity contribution is 0.157. The number of hydrogen-bond acceptors (Lipinski definition) is 3. The molecule has 0 saturated carbocycles. The standard InChI is InChI=1S/C15H29N3OS/c1-3-16-15(17-10-13-5-8-20-9-6-13)18-7-4-14(11-18)12-19-2/h13-14H,3-12H2,1-2H3,(H,16,17). The number of nitrogens with one attached hydrogen (secondary N) is 1. The van der Waals surface area contributed by atoms with E-state index >= 15 is 0 Å². The smallest absolute Gasteiger partial charge is 0.193 e. The molecule has 5 heteroatoms. The zero-order chi connectivity index (χ0) is 14.2. The van der Waals surface area contributed by atoms with Gasteiger partial charge >= 0.3 is 0 Å². The largest absolute Gasteiger partial charge is 0.384 e. The predicted octanol–water partition coefficient (Wildman–Crippen LogP) is 2.06. The van der Waals surface area contributed by atoms with Crippen molar-refractivity contribution in [2.75, 3.05) is 51.4 Å². The Morgan fingerprint density at radius 1 is 1.30 bits per heavy atom. The number of hydrogen-bond donors (Lipinski definition) is 1. The quantitative estimate of drug-likeness (QED) is 0.623. The molecule has 1 N–H and O–H groups in total. The molecule has 2 aliphatic rings. The average molecular weight is 299 g/mol. The van der Waals surface area contributed by atoms with Crippen molar-refractivity contribution in [2.45, 2.75) is 26.2 Å². The van der Waals surface area contributed by atoms with E-state index in [9.17, 15) is 0 Å². The van der Waals surface area contributed by atoms with Gasteiger partial charge in [-0.2, -0.15) is 11.8 Å². The second-order valence-corrected chi connectivity index (χ2v) is 7.03. The highest BCUT2D eigenvalue weighted by Gasteiger charge is 2.25. The number of ether oxygens (including phenoxy) is 1. The SMILES string of the molecule is CCNC(=NCC1CCSCC1)N1CCC(COC)C1. The van der Waals surface area contributed by atoms with E-state index in [0.29, 0.717) is 5.92 Å². The summed E-state index contributed by atoms with van der Waals surface area (Å²) < 4.78 is 5.28. The van der Waals surface area contributed by atoms with Gasteiger partial charge in [-0.25, -0.2) is 0 Å². The first-order valence-electron chi connectivity index (χ1n) is 7.93. The Labute approximate surface area is 127 Å². The van der Waals surface area contributed by atoms with Crippen molar-refractivity contribution in [1.82, 2.24) is 10.2 Å². The second-order valence-electron chi connectivity index (χ2n) is 5.81. The minimum atomic E-state index is 0.662. The Morgan fingerprint density at radius 3 is 2.80 bits per heavy atom. The molecule has 0 aromatic rings. The maximum atomic E-state index is 5.28. The topological polar surface area (TPSA) is 36.9 Å². The fourth-order valence-electron chi connectivity index (χ4n) is 2.97. The molecule has 0 aliphatic carbocycles. The van der Waals surface area contributed by atoms with Crippen molar-refractivity contribution in [3.8, 4) is 0 Å². The Bertz CT molecular complexity index is 305. The highest BCUT2D eigenvalue weighted by atomic mass is 32.2. The van der Waals surface area contributed by atoms with Crippen LogP contribution in [0.1, 0.15) is 26.2 Å². The molecule has 0 aromatic carbocycles. The number of aliphatic imine (C=N–C) groups is 1. The van der Waals surface area contributed by atoms with E-state index in [2.05, 4.69) is 28.9 Å². The fourth-order valence-corrected chi connectivity index (χ4v) is 4.17. The lowest BCUT2D eigenvalue weighted by Gasteiger charge is -2.24. The predicted molar refractivity (Wildman–Crippen MR) is 87.6 cm³/mol. The summed E-state index contributed by atoms with van der Waals surface area (Å²) in [6, 6.07) is 0. The van der Waals surface area contributed by atoms with Crippen LogP contribution >= 0.6 is 11.8 Å². The Kier molecular flexibility index (Phi) is 7.00. The van der Waals surface area contributed by atoms with Crippen LogP contribution in [0.4, 0.5) is 0 Å². The van der Waals surface area contributed by atoms with Crippen LogP contribution < -0.4 is 5.32 Å². The van der Waals surface area contributed by atoms with Gasteiger partial charge in [0.2, 0.25) is 0 Å². The van der Waals surface area contributed by atoms with Crippen LogP contribution in [0.15, 0.2) is 4.99 Å². The Balaban J connectivity index is 1.85. The zero-order valence-electron chi connectivity index (χ0n) is 12.9. The molecule has 2 heterocycles. The number of guanidine groups is 1. The molecule has 0 radical (unpaired) electrons. The molecule has 1 atom stereocenters. The van der Waals surface area contributed by atoms with Crippen LogP contribution in [0.3, 0.4) is 0 Å². The third kappa shape index (κ3) is 4.85. The van der Waals surface area contributed by atoms with Crippen molar-refractivity contribution in [2.24, 2.45) is 16.8 Å². The van der Waals surface area contributed by atoms with Crippen LogP contribution in [0.2, 0.25) is 0 Å². The minimum absolute atomic E-state index is 0.662. The molecule has 2 aliphatic heterocycles. The average Bonchev–Trinajstić information content (AvgIpc) is 2.93. The monoisotopic (exact) mass is 299 g/mol. The molecule has 0 amide bonds. The molecule has 116 valence electrons. The van der Waals surface area contributed by atoms with Crippen LogP contribution in [-0.4, -0.2) is 62.3 Å². The van der Waals surface area contributed by atoms with Crippen molar-refractivity contribution >= 4 is 17.7 Å². The Hall–Kier alpha value is -0.420. The van der Waals surface area contributed by atoms with Crippen molar-refractivity contribution < 1.29 is 4.74 Å². The molecule has 0 spiro atoms. The van der Waals surface area contributed by atoms with Crippen LogP contribution in [0.5, 0.6) is 0 Å². The van der Waals surface area contributed by atoms with Crippen molar-refractivity contribution in [3.63, 3.8) is 0 Å². The number of rotatable bonds is 5. The van der Waals surface area contributed by atoms with E-state index in [4.69, 9.17) is 9.73 Å². The lowest BCUT2D eigenvalue weighted by atomic mass is 10.0. The highest BCUT2D eigenvalue weighted by molar-refractivity contribution is 7.99. The zero-order valence-corrected chi connectivity index (χ0v) is 13.8. The van der Waals surface area contributed by atoms with E-state index in [1.165, 1.54) is 30.8 Å². The van der Waals surface area contributed by atoms with E-state index < -0.39 is 0 Å². The summed E-state index contributed by atoms with van der Waals surface area (Å²) >= 11 is 2.09. The van der Waals surface area contributed by atoms with E-state index in [-0.39, 0.29) is 0 Å². The van der Waals surface area contributed by atoms with E-state index in [1.807, 2.05) is 0 Å². The summed E-state index contributed by atoms with van der Waals surface area (Å²) in [5.74, 6) is 5.20. The fraction of sp³-hybridized carbons (Fsp3) is 0.933. The van der Waals surface area contributed by atoms with Crippen LogP contribution in [-0.2, 0) is 4.74 Å². The van der Waals surface area contributed by atoms with Gasteiger partial charge in [0.05, 0.1) is 6.61 Å². The summed E-state index contributed by atoms with van der Waals surface area (Å²) in [4.78, 5) is 7.30. The molecule has 0 aromatic heterocycles. The number of methoxy groups -OCH3 is 1.